The van der Waals surface area contributed by atoms with E-state index in [9.17, 15) is 0 Å². The minimum Gasteiger partial charge on any atom is -0.402 e. The Bertz CT molecular complexity index is 244. The molecule has 0 amide bonds. The Morgan fingerprint density at radius 1 is 1.42 bits per heavy atom. The lowest BCUT2D eigenvalue weighted by Gasteiger charge is -2.00. The van der Waals surface area contributed by atoms with Crippen LogP contribution in [0.2, 0.25) is 0 Å². The smallest absolute Gasteiger partial charge is 0.157 e. The third-order valence-electron chi connectivity index (χ3n) is 1.37. The molecule has 0 aliphatic heterocycles. The van der Waals surface area contributed by atoms with Crippen molar-refractivity contribution in [2.24, 2.45) is 15.7 Å². The van der Waals surface area contributed by atoms with E-state index >= 15 is 0 Å². The normalized spacial score (nSPS) is 14.8. The van der Waals surface area contributed by atoms with Crippen LogP contribution in [0.25, 0.3) is 0 Å². The highest BCUT2D eigenvalue weighted by atomic mass is 14.9. The second kappa shape index (κ2) is 5.23. The van der Waals surface area contributed by atoms with E-state index in [2.05, 4.69) is 9.98 Å². The first kappa shape index (κ1) is 10.6. The molecule has 0 aromatic carbocycles. The maximum atomic E-state index is 6.80. The number of nitrogens with two attached hydrogens (primary N) is 1. The molecule has 66 valence electrons. The fourth-order valence-corrected chi connectivity index (χ4v) is 0.587. The molecule has 4 heteroatoms. The molecule has 0 unspecified atom stereocenters. The lowest BCUT2D eigenvalue weighted by molar-refractivity contribution is 1.25. The minimum atomic E-state index is 0.493. The van der Waals surface area contributed by atoms with E-state index in [0.717, 1.165) is 11.9 Å². The summed E-state index contributed by atoms with van der Waals surface area (Å²) in [4.78, 5) is 7.73. The summed E-state index contributed by atoms with van der Waals surface area (Å²) >= 11 is 0. The van der Waals surface area contributed by atoms with Gasteiger partial charge >= 0.3 is 0 Å². The van der Waals surface area contributed by atoms with Crippen LogP contribution in [-0.2, 0) is 0 Å². The third kappa shape index (κ3) is 3.09. The van der Waals surface area contributed by atoms with E-state index in [4.69, 9.17) is 11.1 Å². The van der Waals surface area contributed by atoms with Crippen molar-refractivity contribution in [1.29, 1.82) is 5.41 Å². The van der Waals surface area contributed by atoms with Gasteiger partial charge in [0.2, 0.25) is 0 Å². The summed E-state index contributed by atoms with van der Waals surface area (Å²) < 4.78 is 0. The van der Waals surface area contributed by atoms with Gasteiger partial charge in [-0.2, -0.15) is 0 Å². The molecule has 0 aromatic rings. The first-order valence-corrected chi connectivity index (χ1v) is 3.62. The highest BCUT2D eigenvalue weighted by molar-refractivity contribution is 6.05. The van der Waals surface area contributed by atoms with Gasteiger partial charge in [0.1, 0.15) is 6.34 Å². The summed E-state index contributed by atoms with van der Waals surface area (Å²) in [6.45, 7) is 5.39. The molecule has 0 aliphatic carbocycles. The number of nitrogens with one attached hydrogen (secondary N) is 1. The molecular formula is C8H14N4. The molecule has 0 saturated carbocycles. The molecule has 0 spiro atoms. The van der Waals surface area contributed by atoms with E-state index in [1.165, 1.54) is 0 Å². The number of aliphatic imine (C=N–C) groups is 2. The monoisotopic (exact) mass is 166 g/mol. The zero-order valence-electron chi connectivity index (χ0n) is 7.63. The number of nitrogens with zero attached hydrogens (tertiary/aromatic N) is 2. The van der Waals surface area contributed by atoms with Gasteiger partial charge in [0, 0.05) is 17.5 Å². The van der Waals surface area contributed by atoms with Gasteiger partial charge in [0.05, 0.1) is 0 Å². The Morgan fingerprint density at radius 3 is 2.33 bits per heavy atom. The fourth-order valence-electron chi connectivity index (χ4n) is 0.587. The largest absolute Gasteiger partial charge is 0.402 e. The summed E-state index contributed by atoms with van der Waals surface area (Å²) in [6, 6.07) is 0. The maximum absolute atomic E-state index is 6.80. The predicted octanol–water partition coefficient (Wildman–Crippen LogP) is 1.34. The molecule has 12 heavy (non-hydrogen) atoms. The van der Waals surface area contributed by atoms with Gasteiger partial charge < -0.3 is 5.73 Å². The molecule has 0 bridgehead atoms. The molecule has 0 heterocycles. The van der Waals surface area contributed by atoms with Gasteiger partial charge in [-0.3, -0.25) is 5.41 Å². The second-order valence-electron chi connectivity index (χ2n) is 2.28. The van der Waals surface area contributed by atoms with Crippen molar-refractivity contribution in [1.82, 2.24) is 0 Å². The Kier molecular flexibility index (Phi) is 4.60. The summed E-state index contributed by atoms with van der Waals surface area (Å²) in [5, 5.41) is 6.80. The van der Waals surface area contributed by atoms with Gasteiger partial charge in [-0.05, 0) is 20.8 Å². The van der Waals surface area contributed by atoms with Crippen LogP contribution in [-0.4, -0.2) is 18.4 Å². The van der Waals surface area contributed by atoms with Crippen LogP contribution < -0.4 is 5.73 Å². The standard InChI is InChI=1S/C8H14N4/c1-4-11-8(12-5-9)6(2)7(3)10/h4-5,9H,10H2,1-3H3. The van der Waals surface area contributed by atoms with Gasteiger partial charge in [0.15, 0.2) is 5.84 Å². The lowest BCUT2D eigenvalue weighted by Crippen LogP contribution is -2.05. The van der Waals surface area contributed by atoms with Crippen LogP contribution >= 0.6 is 0 Å². The minimum absolute atomic E-state index is 0.493. The molecule has 3 N–H and O–H groups in total. The molecule has 0 aromatic heterocycles. The van der Waals surface area contributed by atoms with Crippen LogP contribution in [0.3, 0.4) is 0 Å². The molecule has 0 rings (SSSR count). The van der Waals surface area contributed by atoms with Crippen LogP contribution in [0.5, 0.6) is 0 Å². The van der Waals surface area contributed by atoms with E-state index in [1.54, 1.807) is 20.1 Å². The summed E-state index contributed by atoms with van der Waals surface area (Å²) in [7, 11) is 0. The van der Waals surface area contributed by atoms with Gasteiger partial charge in [-0.25, -0.2) is 9.98 Å². The SMILES string of the molecule is CC=NC(=NC=N)C(C)=C(C)N. The average molecular weight is 166 g/mol. The molecule has 0 atom stereocenters. The van der Waals surface area contributed by atoms with E-state index in [-0.39, 0.29) is 0 Å². The molecule has 4 nitrogen and oxygen atoms in total. The molecular weight excluding hydrogens is 152 g/mol. The number of hydrogen-bond donors (Lipinski definition) is 2. The molecule has 0 fully saturated rings. The van der Waals surface area contributed by atoms with Crippen molar-refractivity contribution in [3.05, 3.63) is 11.3 Å². The number of allylic oxidation sites excluding steroid dienone is 1. The van der Waals surface area contributed by atoms with Gasteiger partial charge in [-0.1, -0.05) is 0 Å². The van der Waals surface area contributed by atoms with Crippen molar-refractivity contribution in [2.75, 3.05) is 0 Å². The van der Waals surface area contributed by atoms with Gasteiger partial charge in [-0.15, -0.1) is 0 Å². The second-order valence-corrected chi connectivity index (χ2v) is 2.28. The predicted molar refractivity (Wildman–Crippen MR) is 52.9 cm³/mol. The van der Waals surface area contributed by atoms with Crippen molar-refractivity contribution in [3.8, 4) is 0 Å². The molecule has 0 radical (unpaired) electrons. The Morgan fingerprint density at radius 2 is 2.00 bits per heavy atom. The number of hydrogen-bond acceptors (Lipinski definition) is 2. The van der Waals surface area contributed by atoms with Crippen LogP contribution in [0.15, 0.2) is 21.3 Å². The maximum Gasteiger partial charge on any atom is 0.157 e. The summed E-state index contributed by atoms with van der Waals surface area (Å²) in [6.07, 6.45) is 2.57. The van der Waals surface area contributed by atoms with Crippen LogP contribution in [0, 0.1) is 5.41 Å². The Hall–Kier alpha value is -1.45. The van der Waals surface area contributed by atoms with Crippen LogP contribution in [0.4, 0.5) is 0 Å². The van der Waals surface area contributed by atoms with Crippen molar-refractivity contribution in [2.45, 2.75) is 20.8 Å². The third-order valence-corrected chi connectivity index (χ3v) is 1.37. The highest BCUT2D eigenvalue weighted by Crippen LogP contribution is 2.01. The zero-order valence-corrected chi connectivity index (χ0v) is 7.63. The van der Waals surface area contributed by atoms with Crippen molar-refractivity contribution < 1.29 is 0 Å². The van der Waals surface area contributed by atoms with Crippen molar-refractivity contribution >= 4 is 18.4 Å². The molecule has 0 saturated heterocycles. The number of rotatable bonds is 2. The highest BCUT2D eigenvalue weighted by Gasteiger charge is 1.99. The van der Waals surface area contributed by atoms with Crippen LogP contribution in [0.1, 0.15) is 20.8 Å². The quantitative estimate of drug-likeness (QED) is 0.471. The summed E-state index contributed by atoms with van der Waals surface area (Å²) in [5.41, 5.74) is 7.02. The average Bonchev–Trinajstić information content (AvgIpc) is 2.03. The first-order valence-electron chi connectivity index (χ1n) is 3.62. The topological polar surface area (TPSA) is 74.6 Å². The van der Waals surface area contributed by atoms with Crippen molar-refractivity contribution in [3.63, 3.8) is 0 Å². The zero-order chi connectivity index (χ0) is 9.56. The first-order chi connectivity index (χ1) is 5.63. The van der Waals surface area contributed by atoms with E-state index in [0.29, 0.717) is 11.5 Å². The van der Waals surface area contributed by atoms with E-state index in [1.807, 2.05) is 6.92 Å². The summed E-state index contributed by atoms with van der Waals surface area (Å²) in [5.74, 6) is 0.493. The Labute approximate surface area is 72.4 Å². The lowest BCUT2D eigenvalue weighted by atomic mass is 10.2. The molecule has 0 aliphatic rings. The fraction of sp³-hybridized carbons (Fsp3) is 0.375. The number of amidine groups is 1. The van der Waals surface area contributed by atoms with E-state index < -0.39 is 0 Å². The Balaban J connectivity index is 4.89. The van der Waals surface area contributed by atoms with Gasteiger partial charge in [0.25, 0.3) is 0 Å².